The molecule has 0 aliphatic carbocycles. The highest BCUT2D eigenvalue weighted by molar-refractivity contribution is 7.89. The highest BCUT2D eigenvalue weighted by Crippen LogP contribution is 2.24. The Bertz CT molecular complexity index is 696. The molecule has 0 saturated carbocycles. The van der Waals surface area contributed by atoms with Crippen molar-refractivity contribution < 1.29 is 8.42 Å². The SMILES string of the molecule is Cc1ccsc1CNS(=O)(=O)c1ccc(N)cc1Cl. The third-order valence-electron chi connectivity index (χ3n) is 2.64. The van der Waals surface area contributed by atoms with Crippen LogP contribution in [0.3, 0.4) is 0 Å². The highest BCUT2D eigenvalue weighted by Gasteiger charge is 2.18. The van der Waals surface area contributed by atoms with Crippen LogP contribution in [0.4, 0.5) is 5.69 Å². The molecule has 7 heteroatoms. The zero-order chi connectivity index (χ0) is 14.0. The van der Waals surface area contributed by atoms with Gasteiger partial charge in [-0.2, -0.15) is 0 Å². The molecule has 0 spiro atoms. The van der Waals surface area contributed by atoms with E-state index >= 15 is 0 Å². The summed E-state index contributed by atoms with van der Waals surface area (Å²) in [5.74, 6) is 0. The first-order chi connectivity index (χ1) is 8.90. The lowest BCUT2D eigenvalue weighted by Crippen LogP contribution is -2.23. The van der Waals surface area contributed by atoms with E-state index in [2.05, 4.69) is 4.72 Å². The van der Waals surface area contributed by atoms with Gasteiger partial charge in [0.2, 0.25) is 10.0 Å². The lowest BCUT2D eigenvalue weighted by molar-refractivity contribution is 0.582. The number of nitrogens with one attached hydrogen (secondary N) is 1. The highest BCUT2D eigenvalue weighted by atomic mass is 35.5. The maximum absolute atomic E-state index is 12.1. The summed E-state index contributed by atoms with van der Waals surface area (Å²) >= 11 is 7.42. The van der Waals surface area contributed by atoms with E-state index < -0.39 is 10.0 Å². The number of sulfonamides is 1. The smallest absolute Gasteiger partial charge is 0.242 e. The van der Waals surface area contributed by atoms with Gasteiger partial charge in [0.25, 0.3) is 0 Å². The number of anilines is 1. The Balaban J connectivity index is 2.21. The van der Waals surface area contributed by atoms with Gasteiger partial charge >= 0.3 is 0 Å². The first kappa shape index (κ1) is 14.3. The Morgan fingerprint density at radius 3 is 2.68 bits per heavy atom. The van der Waals surface area contributed by atoms with Gasteiger partial charge in [0.05, 0.1) is 5.02 Å². The molecular formula is C12H13ClN2O2S2. The number of hydrogen-bond acceptors (Lipinski definition) is 4. The second kappa shape index (κ2) is 5.50. The molecule has 0 saturated heterocycles. The minimum absolute atomic E-state index is 0.0394. The van der Waals surface area contributed by atoms with Crippen LogP contribution >= 0.6 is 22.9 Å². The average molecular weight is 317 g/mol. The fourth-order valence-electron chi connectivity index (χ4n) is 1.56. The van der Waals surface area contributed by atoms with E-state index in [1.807, 2.05) is 18.4 Å². The standard InChI is InChI=1S/C12H13ClN2O2S2/c1-8-4-5-18-11(8)7-15-19(16,17)12-3-2-9(14)6-10(12)13/h2-6,15H,7,14H2,1H3. The summed E-state index contributed by atoms with van der Waals surface area (Å²) in [5, 5.41) is 2.05. The molecule has 1 heterocycles. The molecule has 2 rings (SSSR count). The maximum Gasteiger partial charge on any atom is 0.242 e. The van der Waals surface area contributed by atoms with Crippen LogP contribution in [0, 0.1) is 6.92 Å². The second-order valence-electron chi connectivity index (χ2n) is 4.04. The summed E-state index contributed by atoms with van der Waals surface area (Å²) in [6.45, 7) is 2.20. The summed E-state index contributed by atoms with van der Waals surface area (Å²) in [4.78, 5) is 1.02. The zero-order valence-electron chi connectivity index (χ0n) is 10.2. The molecule has 102 valence electrons. The maximum atomic E-state index is 12.1. The predicted molar refractivity (Wildman–Crippen MR) is 78.9 cm³/mol. The summed E-state index contributed by atoms with van der Waals surface area (Å²) < 4.78 is 26.8. The number of hydrogen-bond donors (Lipinski definition) is 2. The molecule has 0 fully saturated rings. The van der Waals surface area contributed by atoms with Gasteiger partial charge in [-0.1, -0.05) is 11.6 Å². The molecule has 0 bridgehead atoms. The summed E-state index contributed by atoms with van der Waals surface area (Å²) in [6.07, 6.45) is 0. The number of thiophene rings is 1. The van der Waals surface area contributed by atoms with Crippen LogP contribution in [0.5, 0.6) is 0 Å². The van der Waals surface area contributed by atoms with Crippen molar-refractivity contribution in [3.63, 3.8) is 0 Å². The fraction of sp³-hybridized carbons (Fsp3) is 0.167. The first-order valence-corrected chi connectivity index (χ1v) is 8.22. The Labute approximate surface area is 121 Å². The molecule has 0 aliphatic rings. The van der Waals surface area contributed by atoms with Crippen molar-refractivity contribution in [2.45, 2.75) is 18.4 Å². The van der Waals surface area contributed by atoms with E-state index in [0.717, 1.165) is 10.4 Å². The van der Waals surface area contributed by atoms with Crippen molar-refractivity contribution in [2.24, 2.45) is 0 Å². The van der Waals surface area contributed by atoms with Crippen molar-refractivity contribution in [3.8, 4) is 0 Å². The first-order valence-electron chi connectivity index (χ1n) is 5.48. The summed E-state index contributed by atoms with van der Waals surface area (Å²) in [6, 6.07) is 6.29. The van der Waals surface area contributed by atoms with Crippen LogP contribution in [-0.4, -0.2) is 8.42 Å². The third-order valence-corrected chi connectivity index (χ3v) is 5.54. The minimum Gasteiger partial charge on any atom is -0.399 e. The van der Waals surface area contributed by atoms with Gasteiger partial charge in [-0.3, -0.25) is 0 Å². The normalized spacial score (nSPS) is 11.7. The Hall–Kier alpha value is -1.08. The number of aryl methyl sites for hydroxylation is 1. The molecule has 0 atom stereocenters. The van der Waals surface area contributed by atoms with Crippen molar-refractivity contribution in [2.75, 3.05) is 5.73 Å². The Morgan fingerprint density at radius 1 is 1.37 bits per heavy atom. The molecule has 19 heavy (non-hydrogen) atoms. The van der Waals surface area contributed by atoms with E-state index in [0.29, 0.717) is 5.69 Å². The van der Waals surface area contributed by atoms with Crippen LogP contribution in [0.15, 0.2) is 34.5 Å². The van der Waals surface area contributed by atoms with Crippen LogP contribution in [-0.2, 0) is 16.6 Å². The number of halogens is 1. The molecule has 0 unspecified atom stereocenters. The van der Waals surface area contributed by atoms with Crippen LogP contribution in [0.2, 0.25) is 5.02 Å². The quantitative estimate of drug-likeness (QED) is 0.852. The van der Waals surface area contributed by atoms with Crippen molar-refractivity contribution in [1.82, 2.24) is 4.72 Å². The molecule has 0 aliphatic heterocycles. The van der Waals surface area contributed by atoms with E-state index in [4.69, 9.17) is 17.3 Å². The van der Waals surface area contributed by atoms with E-state index in [1.165, 1.54) is 29.5 Å². The fourth-order valence-corrected chi connectivity index (χ4v) is 4.04. The second-order valence-corrected chi connectivity index (χ2v) is 7.18. The van der Waals surface area contributed by atoms with Gasteiger partial charge in [0, 0.05) is 17.1 Å². The molecule has 1 aromatic heterocycles. The van der Waals surface area contributed by atoms with Crippen LogP contribution in [0.25, 0.3) is 0 Å². The molecule has 0 amide bonds. The summed E-state index contributed by atoms with van der Waals surface area (Å²) in [5.41, 5.74) is 7.04. The topological polar surface area (TPSA) is 72.2 Å². The van der Waals surface area contributed by atoms with E-state index in [1.54, 1.807) is 0 Å². The molecule has 0 radical (unpaired) electrons. The molecular weight excluding hydrogens is 304 g/mol. The number of nitrogens with two attached hydrogens (primary N) is 1. The van der Waals surface area contributed by atoms with Gasteiger partial charge in [-0.15, -0.1) is 11.3 Å². The zero-order valence-corrected chi connectivity index (χ0v) is 12.6. The van der Waals surface area contributed by atoms with Crippen LogP contribution in [0.1, 0.15) is 10.4 Å². The molecule has 3 N–H and O–H groups in total. The summed E-state index contributed by atoms with van der Waals surface area (Å²) in [7, 11) is -3.63. The van der Waals surface area contributed by atoms with Gasteiger partial charge in [-0.05, 0) is 42.1 Å². The number of nitrogen functional groups attached to an aromatic ring is 1. The molecule has 1 aromatic carbocycles. The number of benzene rings is 1. The molecule has 2 aromatic rings. The van der Waals surface area contributed by atoms with E-state index in [-0.39, 0.29) is 16.5 Å². The largest absolute Gasteiger partial charge is 0.399 e. The third kappa shape index (κ3) is 3.27. The van der Waals surface area contributed by atoms with Crippen molar-refractivity contribution in [3.05, 3.63) is 45.1 Å². The van der Waals surface area contributed by atoms with Gasteiger partial charge in [0.15, 0.2) is 0 Å². The monoisotopic (exact) mass is 316 g/mol. The van der Waals surface area contributed by atoms with Crippen molar-refractivity contribution >= 4 is 38.6 Å². The Kier molecular flexibility index (Phi) is 4.15. The predicted octanol–water partition coefficient (Wildman–Crippen LogP) is 2.77. The lowest BCUT2D eigenvalue weighted by Gasteiger charge is -2.08. The van der Waals surface area contributed by atoms with Crippen LogP contribution < -0.4 is 10.5 Å². The van der Waals surface area contributed by atoms with Gasteiger partial charge in [0.1, 0.15) is 4.90 Å². The Morgan fingerprint density at radius 2 is 2.11 bits per heavy atom. The van der Waals surface area contributed by atoms with Gasteiger partial charge in [-0.25, -0.2) is 13.1 Å². The molecule has 4 nitrogen and oxygen atoms in total. The van der Waals surface area contributed by atoms with Gasteiger partial charge < -0.3 is 5.73 Å². The van der Waals surface area contributed by atoms with E-state index in [9.17, 15) is 8.42 Å². The minimum atomic E-state index is -3.63. The average Bonchev–Trinajstić information content (AvgIpc) is 2.72. The van der Waals surface area contributed by atoms with Crippen molar-refractivity contribution in [1.29, 1.82) is 0 Å². The number of rotatable bonds is 4. The lowest BCUT2D eigenvalue weighted by atomic mass is 10.3.